The topological polar surface area (TPSA) is 79.5 Å². The quantitative estimate of drug-likeness (QED) is 0.273. The van der Waals surface area contributed by atoms with Crippen LogP contribution in [0.25, 0.3) is 28.2 Å². The molecular weight excluding hydrogens is 509 g/mol. The second-order valence-electron chi connectivity index (χ2n) is 9.77. The molecule has 3 heterocycles. The summed E-state index contributed by atoms with van der Waals surface area (Å²) < 4.78 is 5.79. The van der Waals surface area contributed by atoms with Crippen LogP contribution in [0.4, 0.5) is 5.69 Å². The molecule has 1 N–H and O–H groups in total. The van der Waals surface area contributed by atoms with Gasteiger partial charge in [0.25, 0.3) is 0 Å². The van der Waals surface area contributed by atoms with E-state index in [1.807, 2.05) is 36.4 Å². The molecule has 1 saturated carbocycles. The zero-order valence-corrected chi connectivity index (χ0v) is 21.5. The number of carboxylic acids is 1. The van der Waals surface area contributed by atoms with Gasteiger partial charge in [0.15, 0.2) is 0 Å². The van der Waals surface area contributed by atoms with Gasteiger partial charge in [-0.15, -0.1) is 0 Å². The van der Waals surface area contributed by atoms with Gasteiger partial charge in [0, 0.05) is 47.4 Å². The van der Waals surface area contributed by atoms with Crippen molar-refractivity contribution in [2.24, 2.45) is 5.92 Å². The third-order valence-corrected chi connectivity index (χ3v) is 7.89. The summed E-state index contributed by atoms with van der Waals surface area (Å²) in [5.74, 6) is 0.808. The summed E-state index contributed by atoms with van der Waals surface area (Å²) in [5.41, 5.74) is 4.52. The lowest BCUT2D eigenvalue weighted by atomic mass is 9.94. The summed E-state index contributed by atoms with van der Waals surface area (Å²) in [6, 6.07) is 13.2. The lowest BCUT2D eigenvalue weighted by Gasteiger charge is -2.32. The maximum atomic E-state index is 11.2. The first-order valence-corrected chi connectivity index (χ1v) is 13.2. The summed E-state index contributed by atoms with van der Waals surface area (Å²) in [6.45, 7) is 1.85. The molecule has 0 spiro atoms. The standard InChI is InChI=1S/C29H25Cl2N3O3/c30-23-2-1-3-24(31)26(23)27-22(28(37-33-27)18-5-6-18)9-4-17-10-12-34(13-11-17)21-8-7-19-14-20(29(35)36)16-32-25(19)15-21/h1-4,7-9,14-18H,5-6,10-13H2,(H,35,36)/b9-4+. The fraction of sp³-hybridized carbons (Fsp3) is 0.276. The number of halogens is 2. The average molecular weight is 534 g/mol. The molecule has 37 heavy (non-hydrogen) atoms. The number of aromatic carboxylic acids is 1. The first kappa shape index (κ1) is 24.0. The van der Waals surface area contributed by atoms with Crippen LogP contribution in [0.15, 0.2) is 59.3 Å². The van der Waals surface area contributed by atoms with Gasteiger partial charge in [0.2, 0.25) is 0 Å². The molecule has 0 amide bonds. The third-order valence-electron chi connectivity index (χ3n) is 7.26. The third kappa shape index (κ3) is 4.83. The van der Waals surface area contributed by atoms with Crippen LogP contribution in [-0.2, 0) is 0 Å². The van der Waals surface area contributed by atoms with E-state index in [-0.39, 0.29) is 5.56 Å². The van der Waals surface area contributed by atoms with Crippen molar-refractivity contribution >= 4 is 51.8 Å². The van der Waals surface area contributed by atoms with Gasteiger partial charge in [0.05, 0.1) is 21.1 Å². The van der Waals surface area contributed by atoms with E-state index < -0.39 is 5.97 Å². The molecule has 4 aromatic rings. The SMILES string of the molecule is O=C(O)c1cnc2cc(N3CCC(/C=C/c4c(-c5c(Cl)cccc5Cl)noc4C4CC4)CC3)ccc2c1. The Morgan fingerprint density at radius 2 is 1.81 bits per heavy atom. The Labute approximate surface area is 224 Å². The highest BCUT2D eigenvalue weighted by molar-refractivity contribution is 6.39. The molecule has 2 aliphatic rings. The minimum Gasteiger partial charge on any atom is -0.478 e. The van der Waals surface area contributed by atoms with E-state index >= 15 is 0 Å². The molecule has 2 aromatic heterocycles. The van der Waals surface area contributed by atoms with Crippen molar-refractivity contribution in [2.75, 3.05) is 18.0 Å². The van der Waals surface area contributed by atoms with E-state index in [1.165, 1.54) is 6.20 Å². The molecule has 6 rings (SSSR count). The average Bonchev–Trinajstić information content (AvgIpc) is 3.67. The largest absolute Gasteiger partial charge is 0.478 e. The lowest BCUT2D eigenvalue weighted by Crippen LogP contribution is -2.33. The second-order valence-corrected chi connectivity index (χ2v) is 10.6. The molecule has 1 saturated heterocycles. The molecule has 0 radical (unpaired) electrons. The maximum Gasteiger partial charge on any atom is 0.337 e. The van der Waals surface area contributed by atoms with E-state index in [0.717, 1.165) is 72.3 Å². The Morgan fingerprint density at radius 1 is 1.05 bits per heavy atom. The summed E-state index contributed by atoms with van der Waals surface area (Å²) in [4.78, 5) is 17.9. The van der Waals surface area contributed by atoms with Crippen LogP contribution < -0.4 is 4.90 Å². The normalized spacial score (nSPS) is 16.6. The van der Waals surface area contributed by atoms with Gasteiger partial charge in [-0.3, -0.25) is 4.98 Å². The number of piperidine rings is 1. The van der Waals surface area contributed by atoms with E-state index in [9.17, 15) is 9.90 Å². The number of carbonyl (C=O) groups is 1. The zero-order chi connectivity index (χ0) is 25.5. The molecule has 1 aliphatic carbocycles. The van der Waals surface area contributed by atoms with Crippen LogP contribution >= 0.6 is 23.2 Å². The maximum absolute atomic E-state index is 11.2. The highest BCUT2D eigenvalue weighted by atomic mass is 35.5. The van der Waals surface area contributed by atoms with Crippen molar-refractivity contribution in [3.8, 4) is 11.3 Å². The Morgan fingerprint density at radius 3 is 2.51 bits per heavy atom. The van der Waals surface area contributed by atoms with Gasteiger partial charge in [-0.2, -0.15) is 0 Å². The van der Waals surface area contributed by atoms with Crippen LogP contribution in [0.5, 0.6) is 0 Å². The van der Waals surface area contributed by atoms with Crippen molar-refractivity contribution < 1.29 is 14.4 Å². The first-order chi connectivity index (χ1) is 18.0. The number of hydrogen-bond acceptors (Lipinski definition) is 5. The van der Waals surface area contributed by atoms with Crippen molar-refractivity contribution in [1.82, 2.24) is 10.1 Å². The predicted octanol–water partition coefficient (Wildman–Crippen LogP) is 7.70. The monoisotopic (exact) mass is 533 g/mol. The number of carboxylic acid groups (broad SMARTS) is 1. The van der Waals surface area contributed by atoms with Crippen molar-refractivity contribution in [1.29, 1.82) is 0 Å². The van der Waals surface area contributed by atoms with Crippen molar-refractivity contribution in [3.05, 3.63) is 81.7 Å². The Bertz CT molecular complexity index is 1500. The van der Waals surface area contributed by atoms with Crippen molar-refractivity contribution in [3.63, 3.8) is 0 Å². The minimum absolute atomic E-state index is 0.200. The summed E-state index contributed by atoms with van der Waals surface area (Å²) in [7, 11) is 0. The summed E-state index contributed by atoms with van der Waals surface area (Å²) >= 11 is 13.0. The molecule has 1 aliphatic heterocycles. The molecule has 0 atom stereocenters. The van der Waals surface area contributed by atoms with Crippen LogP contribution in [-0.4, -0.2) is 34.3 Å². The fourth-order valence-electron chi connectivity index (χ4n) is 5.02. The highest BCUT2D eigenvalue weighted by Crippen LogP contribution is 2.46. The van der Waals surface area contributed by atoms with Crippen molar-refractivity contribution in [2.45, 2.75) is 31.6 Å². The van der Waals surface area contributed by atoms with E-state index in [2.05, 4.69) is 27.2 Å². The van der Waals surface area contributed by atoms with Crippen LogP contribution in [0, 0.1) is 5.92 Å². The molecule has 6 nitrogen and oxygen atoms in total. The van der Waals surface area contributed by atoms with Gasteiger partial charge in [-0.05, 0) is 61.9 Å². The Balaban J connectivity index is 1.18. The number of rotatable bonds is 6. The number of nitrogens with zero attached hydrogens (tertiary/aromatic N) is 3. The number of pyridine rings is 1. The van der Waals surface area contributed by atoms with Gasteiger partial charge in [-0.1, -0.05) is 52.6 Å². The van der Waals surface area contributed by atoms with Crippen LogP contribution in [0.2, 0.25) is 10.0 Å². The summed E-state index contributed by atoms with van der Waals surface area (Å²) in [6.07, 6.45) is 10.1. The Hall–Kier alpha value is -3.35. The lowest BCUT2D eigenvalue weighted by molar-refractivity contribution is 0.0696. The molecule has 188 valence electrons. The van der Waals surface area contributed by atoms with Crippen LogP contribution in [0.1, 0.15) is 53.3 Å². The highest BCUT2D eigenvalue weighted by Gasteiger charge is 2.32. The van der Waals surface area contributed by atoms with Gasteiger partial charge >= 0.3 is 5.97 Å². The molecule has 8 heteroatoms. The van der Waals surface area contributed by atoms with Gasteiger partial charge < -0.3 is 14.5 Å². The van der Waals surface area contributed by atoms with E-state index in [1.54, 1.807) is 6.07 Å². The summed E-state index contributed by atoms with van der Waals surface area (Å²) in [5, 5.41) is 15.5. The van der Waals surface area contributed by atoms with E-state index in [0.29, 0.717) is 27.6 Å². The number of benzene rings is 2. The number of anilines is 1. The molecular formula is C29H25Cl2N3O3. The number of hydrogen-bond donors (Lipinski definition) is 1. The number of allylic oxidation sites excluding steroid dienone is 1. The smallest absolute Gasteiger partial charge is 0.337 e. The first-order valence-electron chi connectivity index (χ1n) is 12.5. The predicted molar refractivity (Wildman–Crippen MR) is 147 cm³/mol. The van der Waals surface area contributed by atoms with E-state index in [4.69, 9.17) is 27.7 Å². The Kier molecular flexibility index (Phi) is 6.39. The zero-order valence-electron chi connectivity index (χ0n) is 20.0. The minimum atomic E-state index is -0.967. The molecule has 2 fully saturated rings. The second kappa shape index (κ2) is 9.84. The molecule has 0 unspecified atom stereocenters. The number of fused-ring (bicyclic) bond motifs is 1. The molecule has 2 aromatic carbocycles. The van der Waals surface area contributed by atoms with Crippen LogP contribution in [0.3, 0.4) is 0 Å². The van der Waals surface area contributed by atoms with Gasteiger partial charge in [-0.25, -0.2) is 4.79 Å². The number of aromatic nitrogens is 2. The van der Waals surface area contributed by atoms with Gasteiger partial charge in [0.1, 0.15) is 11.5 Å². The molecule has 0 bridgehead atoms. The fourth-order valence-corrected chi connectivity index (χ4v) is 5.60.